The van der Waals surface area contributed by atoms with E-state index in [1.54, 1.807) is 0 Å². The summed E-state index contributed by atoms with van der Waals surface area (Å²) in [6, 6.07) is 4.07. The van der Waals surface area contributed by atoms with Gasteiger partial charge in [0.15, 0.2) is 0 Å². The maximum atomic E-state index is 13.5. The van der Waals surface area contributed by atoms with Crippen LogP contribution in [0.25, 0.3) is 0 Å². The summed E-state index contributed by atoms with van der Waals surface area (Å²) in [7, 11) is 2.95. The van der Waals surface area contributed by atoms with E-state index in [1.807, 2.05) is 0 Å². The highest BCUT2D eigenvalue weighted by atomic mass is 19.1. The molecule has 1 aromatic rings. The standard InChI is InChI=1S/C12H12FNO2/c1-4-7-14(2)12(15)10-6-5-9(16-3)8-11(10)13/h1,5-6,8H,7H2,2-3H3. The zero-order valence-corrected chi connectivity index (χ0v) is 9.16. The van der Waals surface area contributed by atoms with E-state index >= 15 is 0 Å². The van der Waals surface area contributed by atoms with Crippen molar-refractivity contribution in [3.05, 3.63) is 29.6 Å². The van der Waals surface area contributed by atoms with Crippen molar-refractivity contribution in [2.24, 2.45) is 0 Å². The highest BCUT2D eigenvalue weighted by Crippen LogP contribution is 2.17. The number of carbonyl (C=O) groups excluding carboxylic acids is 1. The number of nitrogens with zero attached hydrogens (tertiary/aromatic N) is 1. The van der Waals surface area contributed by atoms with Crippen molar-refractivity contribution in [2.45, 2.75) is 0 Å². The fourth-order valence-corrected chi connectivity index (χ4v) is 1.21. The predicted molar refractivity (Wildman–Crippen MR) is 58.7 cm³/mol. The quantitative estimate of drug-likeness (QED) is 0.724. The van der Waals surface area contributed by atoms with Crippen molar-refractivity contribution in [1.29, 1.82) is 0 Å². The van der Waals surface area contributed by atoms with E-state index in [2.05, 4.69) is 5.92 Å². The second-order valence-corrected chi connectivity index (χ2v) is 3.21. The van der Waals surface area contributed by atoms with Crippen LogP contribution in [-0.2, 0) is 0 Å². The summed E-state index contributed by atoms with van der Waals surface area (Å²) in [4.78, 5) is 13.0. The summed E-state index contributed by atoms with van der Waals surface area (Å²) in [6.45, 7) is 0.143. The van der Waals surface area contributed by atoms with Crippen LogP contribution < -0.4 is 4.74 Å². The van der Waals surface area contributed by atoms with Gasteiger partial charge in [-0.3, -0.25) is 4.79 Å². The number of rotatable bonds is 3. The van der Waals surface area contributed by atoms with Crippen LogP contribution in [0.1, 0.15) is 10.4 Å². The van der Waals surface area contributed by atoms with Crippen LogP contribution in [0.2, 0.25) is 0 Å². The Morgan fingerprint density at radius 1 is 1.62 bits per heavy atom. The second-order valence-electron chi connectivity index (χ2n) is 3.21. The molecule has 0 fully saturated rings. The molecule has 0 spiro atoms. The Morgan fingerprint density at radius 2 is 2.31 bits per heavy atom. The summed E-state index contributed by atoms with van der Waals surface area (Å²) < 4.78 is 18.3. The van der Waals surface area contributed by atoms with Gasteiger partial charge in [0.05, 0.1) is 19.2 Å². The first-order chi connectivity index (χ1) is 7.60. The molecule has 0 bridgehead atoms. The van der Waals surface area contributed by atoms with Crippen LogP contribution in [0.3, 0.4) is 0 Å². The van der Waals surface area contributed by atoms with Gasteiger partial charge in [0.25, 0.3) is 5.91 Å². The smallest absolute Gasteiger partial charge is 0.257 e. The Labute approximate surface area is 93.8 Å². The largest absolute Gasteiger partial charge is 0.497 e. The summed E-state index contributed by atoms with van der Waals surface area (Å²) in [5, 5.41) is 0. The van der Waals surface area contributed by atoms with E-state index in [0.717, 1.165) is 6.07 Å². The molecular weight excluding hydrogens is 209 g/mol. The summed E-state index contributed by atoms with van der Waals surface area (Å²) in [5.74, 6) is 1.62. The maximum Gasteiger partial charge on any atom is 0.257 e. The lowest BCUT2D eigenvalue weighted by molar-refractivity contribution is 0.0808. The zero-order chi connectivity index (χ0) is 12.1. The molecule has 0 aliphatic carbocycles. The van der Waals surface area contributed by atoms with E-state index in [9.17, 15) is 9.18 Å². The monoisotopic (exact) mass is 221 g/mol. The minimum Gasteiger partial charge on any atom is -0.497 e. The van der Waals surface area contributed by atoms with Crippen LogP contribution >= 0.6 is 0 Å². The first-order valence-corrected chi connectivity index (χ1v) is 4.62. The van der Waals surface area contributed by atoms with Crippen LogP contribution in [0, 0.1) is 18.2 Å². The Hall–Kier alpha value is -2.02. The number of methoxy groups -OCH3 is 1. The van der Waals surface area contributed by atoms with E-state index in [1.165, 1.54) is 31.2 Å². The highest BCUT2D eigenvalue weighted by Gasteiger charge is 2.15. The van der Waals surface area contributed by atoms with Crippen LogP contribution in [0.5, 0.6) is 5.75 Å². The molecule has 0 saturated heterocycles. The molecule has 1 rings (SSSR count). The van der Waals surface area contributed by atoms with Gasteiger partial charge in [-0.2, -0.15) is 0 Å². The van der Waals surface area contributed by atoms with E-state index < -0.39 is 11.7 Å². The minimum atomic E-state index is -0.617. The topological polar surface area (TPSA) is 29.5 Å². The molecule has 16 heavy (non-hydrogen) atoms. The summed E-state index contributed by atoms with van der Waals surface area (Å²) >= 11 is 0. The second kappa shape index (κ2) is 5.17. The molecule has 0 N–H and O–H groups in total. The predicted octanol–water partition coefficient (Wildman–Crippen LogP) is 1.54. The van der Waals surface area contributed by atoms with Crippen molar-refractivity contribution < 1.29 is 13.9 Å². The zero-order valence-electron chi connectivity index (χ0n) is 9.16. The Balaban J connectivity index is 2.97. The first-order valence-electron chi connectivity index (χ1n) is 4.62. The van der Waals surface area contributed by atoms with Gasteiger partial charge >= 0.3 is 0 Å². The van der Waals surface area contributed by atoms with Gasteiger partial charge in [-0.05, 0) is 12.1 Å². The number of hydrogen-bond donors (Lipinski definition) is 0. The van der Waals surface area contributed by atoms with E-state index in [4.69, 9.17) is 11.2 Å². The van der Waals surface area contributed by atoms with E-state index in [0.29, 0.717) is 5.75 Å². The number of terminal acetylenes is 1. The van der Waals surface area contributed by atoms with Crippen molar-refractivity contribution >= 4 is 5.91 Å². The Morgan fingerprint density at radius 3 is 2.81 bits per heavy atom. The number of halogens is 1. The van der Waals surface area contributed by atoms with Gasteiger partial charge in [-0.1, -0.05) is 5.92 Å². The molecule has 1 aromatic carbocycles. The van der Waals surface area contributed by atoms with Gasteiger partial charge in [0.2, 0.25) is 0 Å². The number of amides is 1. The SMILES string of the molecule is C#CCN(C)C(=O)c1ccc(OC)cc1F. The lowest BCUT2D eigenvalue weighted by Gasteiger charge is -2.14. The molecule has 0 unspecified atom stereocenters. The molecule has 4 heteroatoms. The molecule has 0 radical (unpaired) electrons. The Kier molecular flexibility index (Phi) is 3.90. The van der Waals surface area contributed by atoms with Crippen LogP contribution in [0.15, 0.2) is 18.2 Å². The van der Waals surface area contributed by atoms with Gasteiger partial charge in [0, 0.05) is 13.1 Å². The summed E-state index contributed by atoms with van der Waals surface area (Å²) in [6.07, 6.45) is 5.07. The molecule has 84 valence electrons. The average molecular weight is 221 g/mol. The lowest BCUT2D eigenvalue weighted by Crippen LogP contribution is -2.27. The van der Waals surface area contributed by atoms with Gasteiger partial charge in [-0.15, -0.1) is 6.42 Å². The highest BCUT2D eigenvalue weighted by molar-refractivity contribution is 5.94. The van der Waals surface area contributed by atoms with Crippen molar-refractivity contribution in [2.75, 3.05) is 20.7 Å². The van der Waals surface area contributed by atoms with Crippen molar-refractivity contribution in [3.63, 3.8) is 0 Å². The normalized spacial score (nSPS) is 9.38. The third kappa shape index (κ3) is 2.51. The van der Waals surface area contributed by atoms with E-state index in [-0.39, 0.29) is 12.1 Å². The Bertz CT molecular complexity index is 437. The number of carbonyl (C=O) groups is 1. The molecule has 1 amide bonds. The van der Waals surface area contributed by atoms with Gasteiger partial charge in [-0.25, -0.2) is 4.39 Å². The van der Waals surface area contributed by atoms with Crippen LogP contribution in [-0.4, -0.2) is 31.5 Å². The molecule has 0 aromatic heterocycles. The molecule has 0 heterocycles. The third-order valence-corrected chi connectivity index (χ3v) is 2.08. The molecule has 0 aliphatic heterocycles. The number of benzene rings is 1. The van der Waals surface area contributed by atoms with Crippen LogP contribution in [0.4, 0.5) is 4.39 Å². The number of hydrogen-bond acceptors (Lipinski definition) is 2. The first kappa shape index (κ1) is 12.1. The van der Waals surface area contributed by atoms with Gasteiger partial charge in [0.1, 0.15) is 11.6 Å². The van der Waals surface area contributed by atoms with Gasteiger partial charge < -0.3 is 9.64 Å². The third-order valence-electron chi connectivity index (χ3n) is 2.08. The maximum absolute atomic E-state index is 13.5. The van der Waals surface area contributed by atoms with Crippen molar-refractivity contribution in [3.8, 4) is 18.1 Å². The van der Waals surface area contributed by atoms with Crippen molar-refractivity contribution in [1.82, 2.24) is 4.90 Å². The average Bonchev–Trinajstić information content (AvgIpc) is 2.28. The minimum absolute atomic E-state index is 0.0152. The number of ether oxygens (including phenoxy) is 1. The molecule has 0 saturated carbocycles. The summed E-state index contributed by atoms with van der Waals surface area (Å²) in [5.41, 5.74) is -0.0152. The fourth-order valence-electron chi connectivity index (χ4n) is 1.21. The molecular formula is C12H12FNO2. The molecule has 3 nitrogen and oxygen atoms in total. The molecule has 0 aliphatic rings. The lowest BCUT2D eigenvalue weighted by atomic mass is 10.2. The fraction of sp³-hybridized carbons (Fsp3) is 0.250. The molecule has 0 atom stereocenters.